The molecule has 1 N–H and O–H groups in total. The lowest BCUT2D eigenvalue weighted by Crippen LogP contribution is -2.06. The Kier molecular flexibility index (Phi) is 2.08. The predicted molar refractivity (Wildman–Crippen MR) is 53.9 cm³/mol. The molecule has 2 aromatic rings. The molecule has 0 amide bonds. The molecule has 2 nitrogen and oxygen atoms in total. The van der Waals surface area contributed by atoms with Crippen LogP contribution < -0.4 is 5.56 Å². The molecule has 1 aromatic heterocycles. The molecule has 0 aliphatic rings. The number of aryl methyl sites for hydroxylation is 1. The Labute approximate surface area is 80.4 Å². The highest BCUT2D eigenvalue weighted by Gasteiger charge is 2.03. The van der Waals surface area contributed by atoms with Crippen molar-refractivity contribution in [3.8, 4) is 0 Å². The average molecular weight is 191 g/mol. The van der Waals surface area contributed by atoms with Gasteiger partial charge in [0.2, 0.25) is 0 Å². The molecule has 1 aromatic carbocycles. The number of H-pyrrole nitrogens is 1. The maximum absolute atomic E-state index is 13.0. The summed E-state index contributed by atoms with van der Waals surface area (Å²) in [4.78, 5) is 14.0. The summed E-state index contributed by atoms with van der Waals surface area (Å²) in [6.45, 7) is 1.97. The van der Waals surface area contributed by atoms with E-state index < -0.39 is 0 Å². The first-order valence-corrected chi connectivity index (χ1v) is 4.52. The fraction of sp³-hybridized carbons (Fsp3) is 0.182. The normalized spacial score (nSPS) is 10.7. The van der Waals surface area contributed by atoms with E-state index in [1.165, 1.54) is 18.2 Å². The van der Waals surface area contributed by atoms with Crippen molar-refractivity contribution in [3.63, 3.8) is 0 Å². The van der Waals surface area contributed by atoms with Crippen LogP contribution in [0.2, 0.25) is 0 Å². The highest BCUT2D eigenvalue weighted by atomic mass is 19.1. The van der Waals surface area contributed by atoms with Gasteiger partial charge in [0, 0.05) is 11.6 Å². The van der Waals surface area contributed by atoms with Crippen molar-refractivity contribution in [1.29, 1.82) is 0 Å². The van der Waals surface area contributed by atoms with Crippen molar-refractivity contribution in [2.24, 2.45) is 0 Å². The van der Waals surface area contributed by atoms with E-state index in [2.05, 4.69) is 4.98 Å². The summed E-state index contributed by atoms with van der Waals surface area (Å²) in [5.74, 6) is -0.308. The molecule has 14 heavy (non-hydrogen) atoms. The second-order valence-corrected chi connectivity index (χ2v) is 3.19. The van der Waals surface area contributed by atoms with Crippen LogP contribution >= 0.6 is 0 Å². The van der Waals surface area contributed by atoms with Crippen LogP contribution in [-0.4, -0.2) is 4.98 Å². The first kappa shape index (κ1) is 8.94. The SMILES string of the molecule is CCc1c[nH]c(=O)c2ccc(F)cc12. The van der Waals surface area contributed by atoms with E-state index in [-0.39, 0.29) is 11.4 Å². The van der Waals surface area contributed by atoms with Crippen molar-refractivity contribution in [1.82, 2.24) is 4.98 Å². The molecule has 0 saturated heterocycles. The van der Waals surface area contributed by atoms with Gasteiger partial charge >= 0.3 is 0 Å². The lowest BCUT2D eigenvalue weighted by atomic mass is 10.1. The van der Waals surface area contributed by atoms with E-state index in [4.69, 9.17) is 0 Å². The van der Waals surface area contributed by atoms with Gasteiger partial charge in [-0.25, -0.2) is 4.39 Å². The molecule has 0 atom stereocenters. The highest BCUT2D eigenvalue weighted by Crippen LogP contribution is 2.16. The molecule has 0 bridgehead atoms. The molecule has 0 aliphatic carbocycles. The lowest BCUT2D eigenvalue weighted by Gasteiger charge is -2.02. The van der Waals surface area contributed by atoms with Gasteiger partial charge in [0.15, 0.2) is 0 Å². The van der Waals surface area contributed by atoms with Gasteiger partial charge in [0.1, 0.15) is 5.82 Å². The van der Waals surface area contributed by atoms with E-state index in [1.54, 1.807) is 6.20 Å². The van der Waals surface area contributed by atoms with Crippen molar-refractivity contribution in [2.45, 2.75) is 13.3 Å². The first-order chi connectivity index (χ1) is 6.72. The molecule has 72 valence electrons. The Hall–Kier alpha value is -1.64. The van der Waals surface area contributed by atoms with Crippen molar-refractivity contribution < 1.29 is 4.39 Å². The van der Waals surface area contributed by atoms with E-state index >= 15 is 0 Å². The molecule has 0 saturated carbocycles. The van der Waals surface area contributed by atoms with Crippen LogP contribution in [0, 0.1) is 5.82 Å². The number of nitrogens with one attached hydrogen (secondary N) is 1. The topological polar surface area (TPSA) is 32.9 Å². The molecule has 2 rings (SSSR count). The number of hydrogen-bond donors (Lipinski definition) is 1. The minimum absolute atomic E-state index is 0.169. The maximum atomic E-state index is 13.0. The highest BCUT2D eigenvalue weighted by molar-refractivity contribution is 5.84. The van der Waals surface area contributed by atoms with Crippen LogP contribution in [0.15, 0.2) is 29.2 Å². The number of aromatic amines is 1. The Bertz CT molecular complexity index is 530. The second kappa shape index (κ2) is 3.25. The minimum atomic E-state index is -0.308. The van der Waals surface area contributed by atoms with E-state index in [1.807, 2.05) is 6.92 Å². The van der Waals surface area contributed by atoms with Crippen molar-refractivity contribution in [2.75, 3.05) is 0 Å². The van der Waals surface area contributed by atoms with Gasteiger partial charge < -0.3 is 4.98 Å². The van der Waals surface area contributed by atoms with E-state index in [0.717, 1.165) is 12.0 Å². The van der Waals surface area contributed by atoms with Crippen LogP contribution in [0.4, 0.5) is 4.39 Å². The first-order valence-electron chi connectivity index (χ1n) is 4.52. The molecule has 0 unspecified atom stereocenters. The van der Waals surface area contributed by atoms with Crippen molar-refractivity contribution >= 4 is 10.8 Å². The quantitative estimate of drug-likeness (QED) is 0.736. The van der Waals surface area contributed by atoms with Crippen LogP contribution in [0.1, 0.15) is 12.5 Å². The predicted octanol–water partition coefficient (Wildman–Crippen LogP) is 2.23. The maximum Gasteiger partial charge on any atom is 0.255 e. The van der Waals surface area contributed by atoms with Gasteiger partial charge in [-0.2, -0.15) is 0 Å². The number of aromatic nitrogens is 1. The molecule has 3 heteroatoms. The fourth-order valence-corrected chi connectivity index (χ4v) is 1.58. The summed E-state index contributed by atoms with van der Waals surface area (Å²) in [6.07, 6.45) is 2.42. The summed E-state index contributed by atoms with van der Waals surface area (Å²) in [5.41, 5.74) is 0.788. The summed E-state index contributed by atoms with van der Waals surface area (Å²) >= 11 is 0. The Morgan fingerprint density at radius 1 is 1.36 bits per heavy atom. The summed E-state index contributed by atoms with van der Waals surface area (Å²) in [6, 6.07) is 4.23. The zero-order valence-electron chi connectivity index (χ0n) is 7.80. The Balaban J connectivity index is 2.92. The second-order valence-electron chi connectivity index (χ2n) is 3.19. The number of halogens is 1. The van der Waals surface area contributed by atoms with E-state index in [0.29, 0.717) is 10.8 Å². The number of pyridine rings is 1. The van der Waals surface area contributed by atoms with Crippen LogP contribution in [0.3, 0.4) is 0 Å². The molecule has 1 heterocycles. The monoisotopic (exact) mass is 191 g/mol. The number of benzene rings is 1. The number of hydrogen-bond acceptors (Lipinski definition) is 1. The molecular formula is C11H10FNO. The third-order valence-electron chi connectivity index (χ3n) is 2.33. The Morgan fingerprint density at radius 2 is 2.14 bits per heavy atom. The molecule has 0 fully saturated rings. The molecule has 0 spiro atoms. The third-order valence-corrected chi connectivity index (χ3v) is 2.33. The third kappa shape index (κ3) is 1.31. The molecular weight excluding hydrogens is 181 g/mol. The van der Waals surface area contributed by atoms with E-state index in [9.17, 15) is 9.18 Å². The average Bonchev–Trinajstić information content (AvgIpc) is 2.18. The summed E-state index contributed by atoms with van der Waals surface area (Å²) < 4.78 is 13.0. The smallest absolute Gasteiger partial charge is 0.255 e. The molecule has 0 aliphatic heterocycles. The lowest BCUT2D eigenvalue weighted by molar-refractivity contribution is 0.629. The van der Waals surface area contributed by atoms with Crippen LogP contribution in [0.25, 0.3) is 10.8 Å². The fourth-order valence-electron chi connectivity index (χ4n) is 1.58. The van der Waals surface area contributed by atoms with Gasteiger partial charge in [-0.15, -0.1) is 0 Å². The van der Waals surface area contributed by atoms with Gasteiger partial charge in [0.25, 0.3) is 5.56 Å². The number of rotatable bonds is 1. The van der Waals surface area contributed by atoms with Crippen LogP contribution in [0.5, 0.6) is 0 Å². The van der Waals surface area contributed by atoms with Gasteiger partial charge in [-0.05, 0) is 35.6 Å². The molecule has 0 radical (unpaired) electrons. The Morgan fingerprint density at radius 3 is 2.86 bits per heavy atom. The van der Waals surface area contributed by atoms with Crippen molar-refractivity contribution in [3.05, 3.63) is 46.1 Å². The van der Waals surface area contributed by atoms with Gasteiger partial charge in [-0.3, -0.25) is 4.79 Å². The zero-order chi connectivity index (χ0) is 10.1. The zero-order valence-corrected chi connectivity index (χ0v) is 7.80. The summed E-state index contributed by atoms with van der Waals surface area (Å²) in [5, 5.41) is 1.25. The number of fused-ring (bicyclic) bond motifs is 1. The minimum Gasteiger partial charge on any atom is -0.328 e. The standard InChI is InChI=1S/C11H10FNO/c1-2-7-6-13-11(14)9-4-3-8(12)5-10(7)9/h3-6H,2H2,1H3,(H,13,14). The largest absolute Gasteiger partial charge is 0.328 e. The van der Waals surface area contributed by atoms with Gasteiger partial charge in [-0.1, -0.05) is 6.92 Å². The van der Waals surface area contributed by atoms with Crippen LogP contribution in [-0.2, 0) is 6.42 Å². The summed E-state index contributed by atoms with van der Waals surface area (Å²) in [7, 11) is 0. The van der Waals surface area contributed by atoms with Gasteiger partial charge in [0.05, 0.1) is 0 Å².